The first-order chi connectivity index (χ1) is 8.15. The summed E-state index contributed by atoms with van der Waals surface area (Å²) in [5.74, 6) is -0.00556. The van der Waals surface area contributed by atoms with E-state index in [0.29, 0.717) is 25.4 Å². The molecule has 0 aliphatic heterocycles. The molecule has 0 fully saturated rings. The van der Waals surface area contributed by atoms with Crippen molar-refractivity contribution in [3.63, 3.8) is 0 Å². The van der Waals surface area contributed by atoms with Crippen LogP contribution in [-0.4, -0.2) is 31.7 Å². The van der Waals surface area contributed by atoms with Crippen LogP contribution < -0.4 is 0 Å². The predicted molar refractivity (Wildman–Crippen MR) is 70.4 cm³/mol. The SMILES string of the molecule is CCOCCOC(C)C(=O)c1ccc(Br)cc1. The Hall–Kier alpha value is -0.710. The van der Waals surface area contributed by atoms with Gasteiger partial charge in [-0.2, -0.15) is 0 Å². The highest BCUT2D eigenvalue weighted by molar-refractivity contribution is 9.10. The summed E-state index contributed by atoms with van der Waals surface area (Å²) in [7, 11) is 0. The molecule has 0 saturated heterocycles. The highest BCUT2D eigenvalue weighted by Crippen LogP contribution is 2.12. The number of Topliss-reactive ketones (excluding diaryl/α,β-unsaturated/α-hetero) is 1. The lowest BCUT2D eigenvalue weighted by Crippen LogP contribution is -2.22. The van der Waals surface area contributed by atoms with Crippen molar-refractivity contribution >= 4 is 21.7 Å². The quantitative estimate of drug-likeness (QED) is 0.573. The molecule has 0 radical (unpaired) electrons. The molecule has 0 aliphatic rings. The second-order valence-corrected chi connectivity index (χ2v) is 4.50. The van der Waals surface area contributed by atoms with Crippen LogP contribution in [0.15, 0.2) is 28.7 Å². The van der Waals surface area contributed by atoms with Gasteiger partial charge in [0.2, 0.25) is 0 Å². The summed E-state index contributed by atoms with van der Waals surface area (Å²) in [5.41, 5.74) is 0.664. The van der Waals surface area contributed by atoms with Crippen LogP contribution in [0, 0.1) is 0 Å². The smallest absolute Gasteiger partial charge is 0.191 e. The molecule has 0 aliphatic carbocycles. The van der Waals surface area contributed by atoms with Gasteiger partial charge in [0.15, 0.2) is 5.78 Å². The lowest BCUT2D eigenvalue weighted by Gasteiger charge is -2.12. The summed E-state index contributed by atoms with van der Waals surface area (Å²) in [6.45, 7) is 5.32. The fourth-order valence-electron chi connectivity index (χ4n) is 1.35. The number of hydrogen-bond donors (Lipinski definition) is 0. The Morgan fingerprint density at radius 2 is 1.94 bits per heavy atom. The van der Waals surface area contributed by atoms with Crippen LogP contribution >= 0.6 is 15.9 Å². The van der Waals surface area contributed by atoms with Gasteiger partial charge in [-0.15, -0.1) is 0 Å². The van der Waals surface area contributed by atoms with E-state index < -0.39 is 6.10 Å². The van der Waals surface area contributed by atoms with E-state index in [-0.39, 0.29) is 5.78 Å². The van der Waals surface area contributed by atoms with Crippen molar-refractivity contribution in [2.45, 2.75) is 20.0 Å². The van der Waals surface area contributed by atoms with Gasteiger partial charge in [0.05, 0.1) is 13.2 Å². The number of carbonyl (C=O) groups is 1. The zero-order valence-electron chi connectivity index (χ0n) is 10.1. The summed E-state index contributed by atoms with van der Waals surface area (Å²) in [6.07, 6.45) is -0.434. The number of carbonyl (C=O) groups excluding carboxylic acids is 1. The largest absolute Gasteiger partial charge is 0.379 e. The molecule has 0 saturated carbocycles. The molecule has 0 aromatic heterocycles. The third-order valence-corrected chi connectivity index (χ3v) is 2.83. The average Bonchev–Trinajstić information content (AvgIpc) is 2.34. The zero-order chi connectivity index (χ0) is 12.7. The molecular weight excluding hydrogens is 284 g/mol. The summed E-state index contributed by atoms with van der Waals surface area (Å²) in [5, 5.41) is 0. The van der Waals surface area contributed by atoms with E-state index in [0.717, 1.165) is 4.47 Å². The normalized spacial score (nSPS) is 12.4. The maximum atomic E-state index is 11.9. The van der Waals surface area contributed by atoms with Crippen molar-refractivity contribution in [3.05, 3.63) is 34.3 Å². The average molecular weight is 301 g/mol. The van der Waals surface area contributed by atoms with E-state index in [4.69, 9.17) is 9.47 Å². The van der Waals surface area contributed by atoms with Gasteiger partial charge >= 0.3 is 0 Å². The Kier molecular flexibility index (Phi) is 6.40. The minimum Gasteiger partial charge on any atom is -0.379 e. The van der Waals surface area contributed by atoms with Crippen molar-refractivity contribution < 1.29 is 14.3 Å². The van der Waals surface area contributed by atoms with Crippen LogP contribution in [0.5, 0.6) is 0 Å². The van der Waals surface area contributed by atoms with Gasteiger partial charge in [-0.25, -0.2) is 0 Å². The summed E-state index contributed by atoms with van der Waals surface area (Å²) < 4.78 is 11.5. The second-order valence-electron chi connectivity index (χ2n) is 3.58. The van der Waals surface area contributed by atoms with Crippen molar-refractivity contribution in [2.24, 2.45) is 0 Å². The third-order valence-electron chi connectivity index (χ3n) is 2.30. The van der Waals surface area contributed by atoms with Gasteiger partial charge in [-0.05, 0) is 26.0 Å². The van der Waals surface area contributed by atoms with E-state index in [9.17, 15) is 4.79 Å². The maximum Gasteiger partial charge on any atom is 0.191 e. The molecule has 4 heteroatoms. The molecule has 0 bridgehead atoms. The van der Waals surface area contributed by atoms with E-state index in [1.54, 1.807) is 19.1 Å². The molecule has 94 valence electrons. The summed E-state index contributed by atoms with van der Waals surface area (Å²) in [6, 6.07) is 7.27. The first kappa shape index (κ1) is 14.4. The van der Waals surface area contributed by atoms with E-state index >= 15 is 0 Å². The maximum absolute atomic E-state index is 11.9. The van der Waals surface area contributed by atoms with Gasteiger partial charge < -0.3 is 9.47 Å². The van der Waals surface area contributed by atoms with Crippen molar-refractivity contribution in [3.8, 4) is 0 Å². The molecule has 1 rings (SSSR count). The molecule has 1 unspecified atom stereocenters. The molecule has 0 amide bonds. The first-order valence-corrected chi connectivity index (χ1v) is 6.43. The lowest BCUT2D eigenvalue weighted by molar-refractivity contribution is 0.0174. The number of benzene rings is 1. The van der Waals surface area contributed by atoms with Crippen LogP contribution in [0.1, 0.15) is 24.2 Å². The fraction of sp³-hybridized carbons (Fsp3) is 0.462. The van der Waals surface area contributed by atoms with Gasteiger partial charge in [0.25, 0.3) is 0 Å². The number of ether oxygens (including phenoxy) is 2. The van der Waals surface area contributed by atoms with Crippen molar-refractivity contribution in [2.75, 3.05) is 19.8 Å². The number of ketones is 1. The molecule has 1 aromatic rings. The molecule has 1 aromatic carbocycles. The highest BCUT2D eigenvalue weighted by atomic mass is 79.9. The lowest BCUT2D eigenvalue weighted by atomic mass is 10.1. The van der Waals surface area contributed by atoms with E-state index in [2.05, 4.69) is 15.9 Å². The predicted octanol–water partition coefficient (Wildman–Crippen LogP) is 3.07. The molecule has 0 heterocycles. The van der Waals surface area contributed by atoms with E-state index in [1.807, 2.05) is 19.1 Å². The Morgan fingerprint density at radius 1 is 1.29 bits per heavy atom. The topological polar surface area (TPSA) is 35.5 Å². The number of rotatable bonds is 7. The van der Waals surface area contributed by atoms with Crippen LogP contribution in [0.3, 0.4) is 0 Å². The first-order valence-electron chi connectivity index (χ1n) is 5.64. The Morgan fingerprint density at radius 3 is 2.53 bits per heavy atom. The van der Waals surface area contributed by atoms with Crippen LogP contribution in [0.25, 0.3) is 0 Å². The van der Waals surface area contributed by atoms with Crippen molar-refractivity contribution in [1.82, 2.24) is 0 Å². The molecule has 17 heavy (non-hydrogen) atoms. The van der Waals surface area contributed by atoms with E-state index in [1.165, 1.54) is 0 Å². The Labute approximate surface area is 110 Å². The highest BCUT2D eigenvalue weighted by Gasteiger charge is 2.15. The zero-order valence-corrected chi connectivity index (χ0v) is 11.7. The minimum atomic E-state index is -0.434. The van der Waals surface area contributed by atoms with Crippen LogP contribution in [0.2, 0.25) is 0 Å². The van der Waals surface area contributed by atoms with Crippen molar-refractivity contribution in [1.29, 1.82) is 0 Å². The van der Waals surface area contributed by atoms with Gasteiger partial charge in [-0.1, -0.05) is 28.1 Å². The summed E-state index contributed by atoms with van der Waals surface area (Å²) in [4.78, 5) is 11.9. The third kappa shape index (κ3) is 4.98. The van der Waals surface area contributed by atoms with Crippen LogP contribution in [0.4, 0.5) is 0 Å². The monoisotopic (exact) mass is 300 g/mol. The second kappa shape index (κ2) is 7.58. The molecule has 3 nitrogen and oxygen atoms in total. The Bertz CT molecular complexity index is 348. The molecular formula is C13H17BrO3. The van der Waals surface area contributed by atoms with Crippen LogP contribution in [-0.2, 0) is 9.47 Å². The molecule has 1 atom stereocenters. The molecule has 0 N–H and O–H groups in total. The standard InChI is InChI=1S/C13H17BrO3/c1-3-16-8-9-17-10(2)13(15)11-4-6-12(14)7-5-11/h4-7,10H,3,8-9H2,1-2H3. The Balaban J connectivity index is 2.43. The number of hydrogen-bond acceptors (Lipinski definition) is 3. The van der Waals surface area contributed by atoms with Gasteiger partial charge in [0, 0.05) is 16.6 Å². The molecule has 0 spiro atoms. The summed E-state index contributed by atoms with van der Waals surface area (Å²) >= 11 is 3.33. The fourth-order valence-corrected chi connectivity index (χ4v) is 1.62. The van der Waals surface area contributed by atoms with Gasteiger partial charge in [-0.3, -0.25) is 4.79 Å². The number of halogens is 1. The minimum absolute atomic E-state index is 0.00556. The van der Waals surface area contributed by atoms with Gasteiger partial charge in [0.1, 0.15) is 6.10 Å².